The summed E-state index contributed by atoms with van der Waals surface area (Å²) in [5, 5.41) is 21.2. The normalized spacial score (nSPS) is 14.6. The molecule has 2 aromatic heterocycles. The van der Waals surface area contributed by atoms with Crippen molar-refractivity contribution < 1.29 is 24.2 Å². The Labute approximate surface area is 214 Å². The third-order valence-corrected chi connectivity index (χ3v) is 6.41. The molecule has 2 aliphatic rings. The molecule has 0 saturated heterocycles. The number of carbonyl (C=O) groups is 2. The lowest BCUT2D eigenvalue weighted by Gasteiger charge is -2.30. The zero-order chi connectivity index (χ0) is 26.2. The van der Waals surface area contributed by atoms with E-state index in [-0.39, 0.29) is 19.1 Å². The van der Waals surface area contributed by atoms with Crippen molar-refractivity contribution in [3.63, 3.8) is 0 Å². The van der Waals surface area contributed by atoms with Gasteiger partial charge in [0.05, 0.1) is 18.3 Å². The third kappa shape index (κ3) is 5.26. The van der Waals surface area contributed by atoms with Crippen LogP contribution < -0.4 is 10.1 Å². The fourth-order valence-electron chi connectivity index (χ4n) is 4.57. The Balaban J connectivity index is 1.34. The topological polar surface area (TPSA) is 132 Å². The van der Waals surface area contributed by atoms with Crippen molar-refractivity contribution in [1.29, 1.82) is 0 Å². The van der Waals surface area contributed by atoms with Crippen molar-refractivity contribution in [2.45, 2.75) is 51.8 Å². The SMILES string of the molecule is COc1cc2c(cc1C(=O)Nc1cccc(-c3nnc4n3CCC4)n1)CN(C(=O)OCC(C)(C)O)CC2. The van der Waals surface area contributed by atoms with Gasteiger partial charge in [0.15, 0.2) is 5.82 Å². The van der Waals surface area contributed by atoms with Crippen LogP contribution in [0.15, 0.2) is 30.3 Å². The van der Waals surface area contributed by atoms with Crippen molar-refractivity contribution in [3.05, 3.63) is 52.8 Å². The van der Waals surface area contributed by atoms with Gasteiger partial charge in [-0.05, 0) is 62.1 Å². The molecule has 0 radical (unpaired) electrons. The van der Waals surface area contributed by atoms with Gasteiger partial charge in [-0.25, -0.2) is 9.78 Å². The molecule has 0 saturated carbocycles. The first-order valence-corrected chi connectivity index (χ1v) is 12.3. The molecule has 194 valence electrons. The summed E-state index contributed by atoms with van der Waals surface area (Å²) in [7, 11) is 1.52. The molecule has 2 N–H and O–H groups in total. The van der Waals surface area contributed by atoms with Crippen molar-refractivity contribution in [2.24, 2.45) is 0 Å². The third-order valence-electron chi connectivity index (χ3n) is 6.41. The van der Waals surface area contributed by atoms with Gasteiger partial charge in [0.2, 0.25) is 0 Å². The minimum absolute atomic E-state index is 0.102. The minimum atomic E-state index is -1.11. The van der Waals surface area contributed by atoms with Gasteiger partial charge in [0.25, 0.3) is 5.91 Å². The van der Waals surface area contributed by atoms with Crippen LogP contribution in [-0.4, -0.2) is 67.6 Å². The van der Waals surface area contributed by atoms with E-state index in [0.29, 0.717) is 41.6 Å². The van der Waals surface area contributed by atoms with Crippen LogP contribution >= 0.6 is 0 Å². The minimum Gasteiger partial charge on any atom is -0.496 e. The van der Waals surface area contributed by atoms with E-state index in [4.69, 9.17) is 9.47 Å². The number of ether oxygens (including phenoxy) is 2. The second kappa shape index (κ2) is 9.81. The summed E-state index contributed by atoms with van der Waals surface area (Å²) in [5.74, 6) is 2.09. The second-order valence-corrected chi connectivity index (χ2v) is 9.92. The monoisotopic (exact) mass is 506 g/mol. The molecule has 0 aliphatic carbocycles. The van der Waals surface area contributed by atoms with Gasteiger partial charge < -0.3 is 29.4 Å². The van der Waals surface area contributed by atoms with Crippen LogP contribution in [0.2, 0.25) is 0 Å². The molecular formula is C26H30N6O5. The number of hydrogen-bond donors (Lipinski definition) is 2. The molecule has 3 aromatic rings. The number of aryl methyl sites for hydroxylation is 1. The molecule has 1 aromatic carbocycles. The van der Waals surface area contributed by atoms with Gasteiger partial charge in [0, 0.05) is 26.1 Å². The van der Waals surface area contributed by atoms with Crippen molar-refractivity contribution in [3.8, 4) is 17.3 Å². The molecule has 5 rings (SSSR count). The van der Waals surface area contributed by atoms with Crippen LogP contribution in [0.1, 0.15) is 47.6 Å². The van der Waals surface area contributed by atoms with E-state index in [1.807, 2.05) is 18.2 Å². The van der Waals surface area contributed by atoms with Gasteiger partial charge in [-0.1, -0.05) is 6.07 Å². The van der Waals surface area contributed by atoms with Crippen molar-refractivity contribution in [1.82, 2.24) is 24.6 Å². The Morgan fingerprint density at radius 2 is 1.97 bits per heavy atom. The van der Waals surface area contributed by atoms with E-state index in [1.54, 1.807) is 30.9 Å². The maximum Gasteiger partial charge on any atom is 0.410 e. The van der Waals surface area contributed by atoms with Crippen molar-refractivity contribution >= 4 is 17.8 Å². The molecule has 0 spiro atoms. The first-order chi connectivity index (χ1) is 17.7. The Bertz CT molecular complexity index is 1350. The van der Waals surface area contributed by atoms with E-state index < -0.39 is 11.7 Å². The average Bonchev–Trinajstić information content (AvgIpc) is 3.50. The lowest BCUT2D eigenvalue weighted by atomic mass is 9.96. The molecule has 11 nitrogen and oxygen atoms in total. The summed E-state index contributed by atoms with van der Waals surface area (Å²) in [5.41, 5.74) is 1.69. The molecule has 0 unspecified atom stereocenters. The molecule has 2 aliphatic heterocycles. The first-order valence-electron chi connectivity index (χ1n) is 12.3. The van der Waals surface area contributed by atoms with Crippen molar-refractivity contribution in [2.75, 3.05) is 25.6 Å². The summed E-state index contributed by atoms with van der Waals surface area (Å²) >= 11 is 0. The van der Waals surface area contributed by atoms with Crippen LogP contribution in [0.3, 0.4) is 0 Å². The summed E-state index contributed by atoms with van der Waals surface area (Å²) < 4.78 is 12.8. The largest absolute Gasteiger partial charge is 0.496 e. The lowest BCUT2D eigenvalue weighted by Crippen LogP contribution is -2.39. The summed E-state index contributed by atoms with van der Waals surface area (Å²) in [6, 6.07) is 8.96. The van der Waals surface area contributed by atoms with Crippen LogP contribution in [0.4, 0.5) is 10.6 Å². The predicted molar refractivity (Wildman–Crippen MR) is 134 cm³/mol. The Morgan fingerprint density at radius 1 is 1.14 bits per heavy atom. The number of hydrogen-bond acceptors (Lipinski definition) is 8. The number of nitrogens with zero attached hydrogens (tertiary/aromatic N) is 5. The summed E-state index contributed by atoms with van der Waals surface area (Å²) in [6.45, 7) is 4.66. The van der Waals surface area contributed by atoms with Gasteiger partial charge >= 0.3 is 6.09 Å². The molecule has 37 heavy (non-hydrogen) atoms. The number of aliphatic hydroxyl groups is 1. The van der Waals surface area contributed by atoms with Gasteiger partial charge in [-0.2, -0.15) is 0 Å². The number of rotatable bonds is 6. The van der Waals surface area contributed by atoms with Crippen LogP contribution in [-0.2, 0) is 30.7 Å². The molecular weight excluding hydrogens is 476 g/mol. The highest BCUT2D eigenvalue weighted by atomic mass is 16.6. The zero-order valence-electron chi connectivity index (χ0n) is 21.2. The number of methoxy groups -OCH3 is 1. The Hall–Kier alpha value is -3.99. The second-order valence-electron chi connectivity index (χ2n) is 9.92. The number of nitrogens with one attached hydrogen (secondary N) is 1. The number of carbonyl (C=O) groups excluding carboxylic acids is 2. The molecule has 2 amide bonds. The maximum absolute atomic E-state index is 13.3. The van der Waals surface area contributed by atoms with E-state index in [2.05, 4.69) is 25.1 Å². The number of benzene rings is 1. The van der Waals surface area contributed by atoms with E-state index in [1.165, 1.54) is 7.11 Å². The fraction of sp³-hybridized carbons (Fsp3) is 0.423. The van der Waals surface area contributed by atoms with Gasteiger partial charge in [0.1, 0.15) is 29.7 Å². The van der Waals surface area contributed by atoms with Crippen LogP contribution in [0.25, 0.3) is 11.5 Å². The molecule has 0 bridgehead atoms. The van der Waals surface area contributed by atoms with Crippen LogP contribution in [0, 0.1) is 0 Å². The molecule has 0 fully saturated rings. The highest BCUT2D eigenvalue weighted by Gasteiger charge is 2.27. The molecule has 11 heteroatoms. The standard InChI is InChI=1S/C26H30N6O5/c1-26(2,35)15-37-25(34)31-11-9-16-13-20(36-3)18(12-17(16)14-31)24(33)28-21-7-4-6-19(27-21)23-30-29-22-8-5-10-32(22)23/h4,6-7,12-13,35H,5,8-11,14-15H2,1-3H3,(H,27,28,33). The van der Waals surface area contributed by atoms with Crippen LogP contribution in [0.5, 0.6) is 5.75 Å². The number of pyridine rings is 1. The lowest BCUT2D eigenvalue weighted by molar-refractivity contribution is -0.00487. The number of fused-ring (bicyclic) bond motifs is 2. The van der Waals surface area contributed by atoms with E-state index >= 15 is 0 Å². The number of amides is 2. The predicted octanol–water partition coefficient (Wildman–Crippen LogP) is 2.81. The molecule has 0 atom stereocenters. The highest BCUT2D eigenvalue weighted by Crippen LogP contribution is 2.29. The zero-order valence-corrected chi connectivity index (χ0v) is 21.2. The summed E-state index contributed by atoms with van der Waals surface area (Å²) in [6.07, 6.45) is 2.02. The summed E-state index contributed by atoms with van der Waals surface area (Å²) in [4.78, 5) is 32.0. The highest BCUT2D eigenvalue weighted by molar-refractivity contribution is 6.06. The smallest absolute Gasteiger partial charge is 0.410 e. The molecule has 4 heterocycles. The number of aromatic nitrogens is 4. The van der Waals surface area contributed by atoms with E-state index in [9.17, 15) is 14.7 Å². The average molecular weight is 507 g/mol. The first kappa shape index (κ1) is 24.7. The fourth-order valence-corrected chi connectivity index (χ4v) is 4.57. The number of anilines is 1. The van der Waals surface area contributed by atoms with E-state index in [0.717, 1.165) is 36.3 Å². The Kier molecular flexibility index (Phi) is 6.55. The quantitative estimate of drug-likeness (QED) is 0.522. The Morgan fingerprint density at radius 3 is 2.76 bits per heavy atom. The van der Waals surface area contributed by atoms with Gasteiger partial charge in [-0.3, -0.25) is 4.79 Å². The maximum atomic E-state index is 13.3. The van der Waals surface area contributed by atoms with Gasteiger partial charge in [-0.15, -0.1) is 10.2 Å².